The summed E-state index contributed by atoms with van der Waals surface area (Å²) in [6, 6.07) is 6.30. The van der Waals surface area contributed by atoms with Crippen LogP contribution in [0.15, 0.2) is 30.6 Å². The Bertz CT molecular complexity index is 1020. The zero-order valence-electron chi connectivity index (χ0n) is 16.4. The van der Waals surface area contributed by atoms with E-state index in [-0.39, 0.29) is 6.04 Å². The number of piperidine rings is 1. The minimum absolute atomic E-state index is 0.0635. The molecule has 0 amide bonds. The van der Waals surface area contributed by atoms with Crippen molar-refractivity contribution in [3.05, 3.63) is 47.5 Å². The minimum atomic E-state index is 0.0635. The van der Waals surface area contributed by atoms with Gasteiger partial charge in [-0.1, -0.05) is 6.07 Å². The van der Waals surface area contributed by atoms with Crippen molar-refractivity contribution < 1.29 is 4.74 Å². The number of nitrogens with one attached hydrogen (secondary N) is 1. The number of aromatic nitrogens is 4. The number of hydrogen-bond acceptors (Lipinski definition) is 7. The number of pyridine rings is 2. The normalized spacial score (nSPS) is 22.0. The molecule has 6 rings (SSSR count). The molecule has 3 aliphatic heterocycles. The number of ether oxygens (including phenoxy) is 1. The van der Waals surface area contributed by atoms with E-state index in [1.165, 1.54) is 6.42 Å². The maximum atomic E-state index is 5.77. The standard InChI is InChI=1S/C21H24N6O/c1-12-18(5-4-6-22-12)13(2)24-21-19-7-15(9-23-20(19)14(3)25-26-21)27-10-16-8-17(11-27)28-16/h4-7,9,13,16-17H,8,10-11H2,1-3H3,(H,24,26)/t13-,16?,17?/m1/s1. The van der Waals surface area contributed by atoms with Crippen LogP contribution in [0.4, 0.5) is 11.5 Å². The summed E-state index contributed by atoms with van der Waals surface area (Å²) in [5.74, 6) is 0.754. The molecule has 7 nitrogen and oxygen atoms in total. The second-order valence-electron chi connectivity index (χ2n) is 7.79. The predicted octanol–water partition coefficient (Wildman–Crippen LogP) is 3.19. The van der Waals surface area contributed by atoms with Gasteiger partial charge in [-0.25, -0.2) is 0 Å². The first-order valence-corrected chi connectivity index (χ1v) is 9.80. The second-order valence-corrected chi connectivity index (χ2v) is 7.79. The molecule has 3 aliphatic rings. The maximum absolute atomic E-state index is 5.77. The van der Waals surface area contributed by atoms with Crippen molar-refractivity contribution in [2.24, 2.45) is 0 Å². The van der Waals surface area contributed by atoms with Crippen LogP contribution < -0.4 is 10.2 Å². The number of hydrogen-bond donors (Lipinski definition) is 1. The molecule has 0 aromatic carbocycles. The van der Waals surface area contributed by atoms with E-state index in [2.05, 4.69) is 44.5 Å². The van der Waals surface area contributed by atoms with Crippen LogP contribution in [0.25, 0.3) is 10.9 Å². The molecule has 6 heterocycles. The van der Waals surface area contributed by atoms with Crippen LogP contribution in [0.5, 0.6) is 0 Å². The van der Waals surface area contributed by atoms with Crippen LogP contribution in [0.2, 0.25) is 0 Å². The fourth-order valence-electron chi connectivity index (χ4n) is 4.23. The van der Waals surface area contributed by atoms with Gasteiger partial charge in [0.05, 0.1) is 41.3 Å². The van der Waals surface area contributed by atoms with E-state index in [9.17, 15) is 0 Å². The number of rotatable bonds is 4. The molecule has 0 aliphatic carbocycles. The molecular weight excluding hydrogens is 352 g/mol. The van der Waals surface area contributed by atoms with E-state index in [1.54, 1.807) is 0 Å². The lowest BCUT2D eigenvalue weighted by atomic mass is 9.98. The van der Waals surface area contributed by atoms with Gasteiger partial charge < -0.3 is 15.0 Å². The summed E-state index contributed by atoms with van der Waals surface area (Å²) >= 11 is 0. The summed E-state index contributed by atoms with van der Waals surface area (Å²) in [6.45, 7) is 7.94. The Morgan fingerprint density at radius 2 is 1.93 bits per heavy atom. The van der Waals surface area contributed by atoms with E-state index in [1.807, 2.05) is 32.3 Å². The summed E-state index contributed by atoms with van der Waals surface area (Å²) in [7, 11) is 0. The molecule has 2 unspecified atom stereocenters. The Morgan fingerprint density at radius 3 is 2.68 bits per heavy atom. The van der Waals surface area contributed by atoms with Gasteiger partial charge in [-0.3, -0.25) is 9.97 Å². The monoisotopic (exact) mass is 376 g/mol. The van der Waals surface area contributed by atoms with Crippen molar-refractivity contribution in [3.8, 4) is 0 Å². The molecule has 7 heteroatoms. The first-order chi connectivity index (χ1) is 13.6. The summed E-state index contributed by atoms with van der Waals surface area (Å²) < 4.78 is 5.77. The molecule has 144 valence electrons. The molecule has 3 saturated heterocycles. The van der Waals surface area contributed by atoms with Crippen LogP contribution >= 0.6 is 0 Å². The Morgan fingerprint density at radius 1 is 1.14 bits per heavy atom. The number of nitrogens with zero attached hydrogens (tertiary/aromatic N) is 5. The maximum Gasteiger partial charge on any atom is 0.158 e. The highest BCUT2D eigenvalue weighted by Crippen LogP contribution is 2.34. The van der Waals surface area contributed by atoms with E-state index < -0.39 is 0 Å². The van der Waals surface area contributed by atoms with E-state index in [4.69, 9.17) is 9.72 Å². The van der Waals surface area contributed by atoms with Gasteiger partial charge in [0, 0.05) is 36.8 Å². The van der Waals surface area contributed by atoms with E-state index in [0.29, 0.717) is 12.2 Å². The van der Waals surface area contributed by atoms with Gasteiger partial charge in [0.25, 0.3) is 0 Å². The average Bonchev–Trinajstić information content (AvgIpc) is 2.70. The zero-order valence-corrected chi connectivity index (χ0v) is 16.4. The van der Waals surface area contributed by atoms with Crippen molar-refractivity contribution in [1.29, 1.82) is 0 Å². The van der Waals surface area contributed by atoms with Crippen molar-refractivity contribution in [1.82, 2.24) is 20.2 Å². The second kappa shape index (κ2) is 6.67. The van der Waals surface area contributed by atoms with Crippen LogP contribution in [-0.4, -0.2) is 45.5 Å². The highest BCUT2D eigenvalue weighted by Gasteiger charge is 2.38. The van der Waals surface area contributed by atoms with Crippen molar-refractivity contribution in [2.75, 3.05) is 23.3 Å². The molecule has 3 aromatic heterocycles. The van der Waals surface area contributed by atoms with Crippen LogP contribution in [-0.2, 0) is 4.74 Å². The number of anilines is 2. The van der Waals surface area contributed by atoms with E-state index >= 15 is 0 Å². The molecule has 3 atom stereocenters. The Hall–Kier alpha value is -2.80. The van der Waals surface area contributed by atoms with E-state index in [0.717, 1.165) is 52.4 Å². The molecule has 3 fully saturated rings. The highest BCUT2D eigenvalue weighted by atomic mass is 16.5. The molecule has 0 radical (unpaired) electrons. The topological polar surface area (TPSA) is 76.1 Å². The number of morpholine rings is 1. The summed E-state index contributed by atoms with van der Waals surface area (Å²) in [4.78, 5) is 11.5. The van der Waals surface area contributed by atoms with Gasteiger partial charge in [-0.05, 0) is 38.5 Å². The van der Waals surface area contributed by atoms with Gasteiger partial charge in [0.2, 0.25) is 0 Å². The van der Waals surface area contributed by atoms with Crippen LogP contribution in [0, 0.1) is 13.8 Å². The Kier molecular flexibility index (Phi) is 4.12. The fraction of sp³-hybridized carbons (Fsp3) is 0.429. The van der Waals surface area contributed by atoms with Gasteiger partial charge in [0.1, 0.15) is 0 Å². The third-order valence-electron chi connectivity index (χ3n) is 5.76. The first-order valence-electron chi connectivity index (χ1n) is 9.80. The van der Waals surface area contributed by atoms with Crippen LogP contribution in [0.3, 0.4) is 0 Å². The summed E-state index contributed by atoms with van der Waals surface area (Å²) in [5.41, 5.74) is 5.00. The Balaban J connectivity index is 1.50. The molecule has 0 spiro atoms. The molecule has 28 heavy (non-hydrogen) atoms. The van der Waals surface area contributed by atoms with Gasteiger partial charge in [-0.15, -0.1) is 5.10 Å². The first kappa shape index (κ1) is 17.3. The molecule has 1 N–H and O–H groups in total. The van der Waals surface area contributed by atoms with Gasteiger partial charge in [0.15, 0.2) is 5.82 Å². The van der Waals surface area contributed by atoms with Crippen molar-refractivity contribution in [3.63, 3.8) is 0 Å². The summed E-state index contributed by atoms with van der Waals surface area (Å²) in [5, 5.41) is 13.3. The van der Waals surface area contributed by atoms with Gasteiger partial charge >= 0.3 is 0 Å². The molecular formula is C21H24N6O. The lowest BCUT2D eigenvalue weighted by Crippen LogP contribution is -2.57. The van der Waals surface area contributed by atoms with Gasteiger partial charge in [-0.2, -0.15) is 5.10 Å². The lowest BCUT2D eigenvalue weighted by Gasteiger charge is -2.47. The lowest BCUT2D eigenvalue weighted by molar-refractivity contribution is -0.133. The highest BCUT2D eigenvalue weighted by molar-refractivity contribution is 5.92. The third kappa shape index (κ3) is 2.96. The molecule has 2 bridgehead atoms. The SMILES string of the molecule is Cc1ncccc1[C@@H](C)Nc1nnc(C)c2ncc(N3CC4CC(C3)O4)cc12. The number of fused-ring (bicyclic) bond motifs is 3. The van der Waals surface area contributed by atoms with Crippen molar-refractivity contribution >= 4 is 22.4 Å². The Labute approximate surface area is 164 Å². The quantitative estimate of drug-likeness (QED) is 0.749. The van der Waals surface area contributed by atoms with Crippen LogP contribution in [0.1, 0.15) is 36.3 Å². The number of aryl methyl sites for hydroxylation is 2. The summed E-state index contributed by atoms with van der Waals surface area (Å²) in [6.07, 6.45) is 5.66. The fourth-order valence-corrected chi connectivity index (χ4v) is 4.23. The molecule has 0 saturated carbocycles. The average molecular weight is 376 g/mol. The largest absolute Gasteiger partial charge is 0.371 e. The third-order valence-corrected chi connectivity index (χ3v) is 5.76. The molecule has 3 aromatic rings. The minimum Gasteiger partial charge on any atom is -0.371 e. The smallest absolute Gasteiger partial charge is 0.158 e. The zero-order chi connectivity index (χ0) is 19.3. The van der Waals surface area contributed by atoms with Crippen molar-refractivity contribution in [2.45, 2.75) is 45.4 Å². The predicted molar refractivity (Wildman–Crippen MR) is 109 cm³/mol.